The van der Waals surface area contributed by atoms with Gasteiger partial charge in [-0.25, -0.2) is 12.7 Å². The molecule has 1 aliphatic heterocycles. The van der Waals surface area contributed by atoms with Crippen LogP contribution in [-0.4, -0.2) is 37.4 Å². The van der Waals surface area contributed by atoms with E-state index in [4.69, 9.17) is 0 Å². The summed E-state index contributed by atoms with van der Waals surface area (Å²) in [5, 5.41) is 0.902. The molecule has 1 aromatic carbocycles. The molecular formula is C15H21Br2NO2S. The lowest BCUT2D eigenvalue weighted by Gasteiger charge is -2.32. The minimum absolute atomic E-state index is 0.423. The molecule has 6 heteroatoms. The minimum atomic E-state index is -3.06. The molecule has 1 aromatic rings. The van der Waals surface area contributed by atoms with Crippen molar-refractivity contribution in [3.05, 3.63) is 34.3 Å². The molecule has 2 atom stereocenters. The highest BCUT2D eigenvalue weighted by atomic mass is 79.9. The zero-order valence-electron chi connectivity index (χ0n) is 12.1. The Morgan fingerprint density at radius 2 is 2.19 bits per heavy atom. The zero-order valence-corrected chi connectivity index (χ0v) is 16.1. The summed E-state index contributed by atoms with van der Waals surface area (Å²) >= 11 is 7.13. The second-order valence-electron chi connectivity index (χ2n) is 5.77. The summed E-state index contributed by atoms with van der Waals surface area (Å²) < 4.78 is 26.1. The van der Waals surface area contributed by atoms with Crippen molar-refractivity contribution in [1.82, 2.24) is 4.31 Å². The molecule has 0 aliphatic carbocycles. The highest BCUT2D eigenvalue weighted by Gasteiger charge is 2.27. The van der Waals surface area contributed by atoms with Crippen LogP contribution >= 0.6 is 31.9 Å². The van der Waals surface area contributed by atoms with Gasteiger partial charge in [-0.1, -0.05) is 44.0 Å². The molecule has 0 amide bonds. The predicted octanol–water partition coefficient (Wildman–Crippen LogP) is 3.99. The van der Waals surface area contributed by atoms with Gasteiger partial charge in [0.2, 0.25) is 10.0 Å². The highest BCUT2D eigenvalue weighted by molar-refractivity contribution is 9.10. The topological polar surface area (TPSA) is 37.4 Å². The SMILES string of the molecule is CS(=O)(=O)N1CCCC(CC(CBr)c2cccc(Br)c2)C1. The Balaban J connectivity index is 2.05. The number of piperidine rings is 1. The third kappa shape index (κ3) is 5.05. The van der Waals surface area contributed by atoms with Crippen LogP contribution in [0.15, 0.2) is 28.7 Å². The number of halogens is 2. The van der Waals surface area contributed by atoms with E-state index in [2.05, 4.69) is 50.1 Å². The smallest absolute Gasteiger partial charge is 0.211 e. The normalized spacial score (nSPS) is 22.1. The first-order valence-electron chi connectivity index (χ1n) is 7.16. The maximum atomic E-state index is 11.7. The van der Waals surface area contributed by atoms with Gasteiger partial charge in [0.25, 0.3) is 0 Å². The van der Waals surface area contributed by atoms with Crippen molar-refractivity contribution < 1.29 is 8.42 Å². The van der Waals surface area contributed by atoms with Gasteiger partial charge in [0, 0.05) is 22.9 Å². The zero-order chi connectivity index (χ0) is 15.5. The molecule has 1 heterocycles. The summed E-state index contributed by atoms with van der Waals surface area (Å²) in [6.45, 7) is 1.33. The van der Waals surface area contributed by atoms with Crippen molar-refractivity contribution >= 4 is 41.9 Å². The number of alkyl halides is 1. The molecule has 2 rings (SSSR count). The number of hydrogen-bond acceptors (Lipinski definition) is 2. The number of benzene rings is 1. The van der Waals surface area contributed by atoms with Gasteiger partial charge >= 0.3 is 0 Å². The molecule has 3 nitrogen and oxygen atoms in total. The third-order valence-electron chi connectivity index (χ3n) is 4.07. The van der Waals surface area contributed by atoms with E-state index in [0.29, 0.717) is 24.9 Å². The molecule has 0 bridgehead atoms. The summed E-state index contributed by atoms with van der Waals surface area (Å²) in [5.41, 5.74) is 1.30. The number of sulfonamides is 1. The number of hydrogen-bond donors (Lipinski definition) is 0. The van der Waals surface area contributed by atoms with Crippen LogP contribution < -0.4 is 0 Å². The lowest BCUT2D eigenvalue weighted by atomic mass is 9.86. The summed E-state index contributed by atoms with van der Waals surface area (Å²) in [6.07, 6.45) is 4.41. The van der Waals surface area contributed by atoms with Crippen LogP contribution in [-0.2, 0) is 10.0 Å². The number of nitrogens with zero attached hydrogens (tertiary/aromatic N) is 1. The summed E-state index contributed by atoms with van der Waals surface area (Å²) in [6, 6.07) is 8.39. The van der Waals surface area contributed by atoms with E-state index in [1.165, 1.54) is 11.8 Å². The minimum Gasteiger partial charge on any atom is -0.213 e. The molecule has 2 unspecified atom stereocenters. The van der Waals surface area contributed by atoms with Crippen LogP contribution in [0.2, 0.25) is 0 Å². The lowest BCUT2D eigenvalue weighted by Crippen LogP contribution is -2.39. The van der Waals surface area contributed by atoms with E-state index >= 15 is 0 Å². The molecule has 0 radical (unpaired) electrons. The Hall–Kier alpha value is 0.0900. The van der Waals surface area contributed by atoms with Crippen LogP contribution in [0.4, 0.5) is 0 Å². The molecule has 1 saturated heterocycles. The Morgan fingerprint density at radius 3 is 2.81 bits per heavy atom. The van der Waals surface area contributed by atoms with Gasteiger partial charge in [-0.15, -0.1) is 0 Å². The van der Waals surface area contributed by atoms with Gasteiger partial charge < -0.3 is 0 Å². The van der Waals surface area contributed by atoms with E-state index in [0.717, 1.165) is 29.1 Å². The largest absolute Gasteiger partial charge is 0.213 e. The monoisotopic (exact) mass is 437 g/mol. The fourth-order valence-electron chi connectivity index (χ4n) is 2.97. The van der Waals surface area contributed by atoms with Crippen molar-refractivity contribution in [2.24, 2.45) is 5.92 Å². The Morgan fingerprint density at radius 1 is 1.43 bits per heavy atom. The van der Waals surface area contributed by atoms with Crippen molar-refractivity contribution in [3.63, 3.8) is 0 Å². The van der Waals surface area contributed by atoms with Crippen molar-refractivity contribution in [2.75, 3.05) is 24.7 Å². The molecule has 0 N–H and O–H groups in total. The average molecular weight is 439 g/mol. The van der Waals surface area contributed by atoms with Gasteiger partial charge in [-0.3, -0.25) is 0 Å². The average Bonchev–Trinajstić information content (AvgIpc) is 2.44. The standard InChI is InChI=1S/C15H21Br2NO2S/c1-21(19,20)18-7-3-4-12(11-18)8-14(10-16)13-5-2-6-15(17)9-13/h2,5-6,9,12,14H,3-4,7-8,10-11H2,1H3. The Labute approximate surface area is 144 Å². The second kappa shape index (κ2) is 7.57. The van der Waals surface area contributed by atoms with Crippen molar-refractivity contribution in [1.29, 1.82) is 0 Å². The van der Waals surface area contributed by atoms with Crippen LogP contribution in [0.3, 0.4) is 0 Å². The first kappa shape index (κ1) is 17.4. The molecular weight excluding hydrogens is 418 g/mol. The summed E-state index contributed by atoms with van der Waals surface area (Å²) in [5.74, 6) is 0.863. The first-order chi connectivity index (χ1) is 9.90. The van der Waals surface area contributed by atoms with Gasteiger partial charge in [-0.05, 0) is 48.8 Å². The first-order valence-corrected chi connectivity index (χ1v) is 10.9. The summed E-state index contributed by atoms with van der Waals surface area (Å²) in [7, 11) is -3.06. The van der Waals surface area contributed by atoms with E-state index in [-0.39, 0.29) is 0 Å². The Kier molecular flexibility index (Phi) is 6.29. The lowest BCUT2D eigenvalue weighted by molar-refractivity contribution is 0.249. The van der Waals surface area contributed by atoms with E-state index in [9.17, 15) is 8.42 Å². The van der Waals surface area contributed by atoms with Crippen LogP contribution in [0, 0.1) is 5.92 Å². The van der Waals surface area contributed by atoms with E-state index in [1.807, 2.05) is 6.07 Å². The second-order valence-corrected chi connectivity index (χ2v) is 9.32. The molecule has 1 aliphatic rings. The van der Waals surface area contributed by atoms with Crippen LogP contribution in [0.5, 0.6) is 0 Å². The van der Waals surface area contributed by atoms with Gasteiger partial charge in [0.1, 0.15) is 0 Å². The molecule has 21 heavy (non-hydrogen) atoms. The fraction of sp³-hybridized carbons (Fsp3) is 0.600. The van der Waals surface area contributed by atoms with Gasteiger partial charge in [0.05, 0.1) is 6.26 Å². The van der Waals surface area contributed by atoms with E-state index < -0.39 is 10.0 Å². The van der Waals surface area contributed by atoms with Gasteiger partial charge in [-0.2, -0.15) is 0 Å². The quantitative estimate of drug-likeness (QED) is 0.651. The van der Waals surface area contributed by atoms with Gasteiger partial charge in [0.15, 0.2) is 0 Å². The van der Waals surface area contributed by atoms with Crippen molar-refractivity contribution in [2.45, 2.75) is 25.2 Å². The maximum Gasteiger partial charge on any atom is 0.211 e. The van der Waals surface area contributed by atoms with Crippen LogP contribution in [0.25, 0.3) is 0 Å². The third-order valence-corrected chi connectivity index (χ3v) is 6.62. The Bertz CT molecular complexity index is 577. The predicted molar refractivity (Wildman–Crippen MR) is 94.4 cm³/mol. The van der Waals surface area contributed by atoms with Crippen molar-refractivity contribution in [3.8, 4) is 0 Å². The molecule has 1 fully saturated rings. The summed E-state index contributed by atoms with van der Waals surface area (Å²) in [4.78, 5) is 0. The number of rotatable bonds is 5. The molecule has 118 valence electrons. The molecule has 0 aromatic heterocycles. The maximum absolute atomic E-state index is 11.7. The molecule has 0 saturated carbocycles. The van der Waals surface area contributed by atoms with E-state index in [1.54, 1.807) is 4.31 Å². The van der Waals surface area contributed by atoms with Crippen LogP contribution in [0.1, 0.15) is 30.7 Å². The molecule has 0 spiro atoms. The fourth-order valence-corrected chi connectivity index (χ4v) is 4.97. The highest BCUT2D eigenvalue weighted by Crippen LogP contribution is 2.32.